The summed E-state index contributed by atoms with van der Waals surface area (Å²) in [6, 6.07) is 22.2. The zero-order chi connectivity index (χ0) is 23.3. The maximum absolute atomic E-state index is 6.27. The summed E-state index contributed by atoms with van der Waals surface area (Å²) in [6.07, 6.45) is 0. The molecule has 0 amide bonds. The second-order valence-electron chi connectivity index (χ2n) is 8.41. The lowest BCUT2D eigenvalue weighted by molar-refractivity contribution is 0.855. The second-order valence-corrected chi connectivity index (χ2v) is 8.85. The predicted molar refractivity (Wildman–Crippen MR) is 142 cm³/mol. The Balaban J connectivity index is 2.25. The van der Waals surface area contributed by atoms with E-state index in [1.54, 1.807) is 0 Å². The number of hydrogen-bond donors (Lipinski definition) is 0. The molecule has 0 aliphatic carbocycles. The summed E-state index contributed by atoms with van der Waals surface area (Å²) >= 11 is 6.27. The van der Waals surface area contributed by atoms with Crippen LogP contribution >= 0.6 is 11.6 Å². The molecule has 3 heteroatoms. The van der Waals surface area contributed by atoms with E-state index in [2.05, 4.69) is 99.9 Å². The first kappa shape index (κ1) is 24.2. The molecule has 32 heavy (non-hydrogen) atoms. The van der Waals surface area contributed by atoms with Gasteiger partial charge in [-0.05, 0) is 106 Å². The van der Waals surface area contributed by atoms with Gasteiger partial charge in [0.05, 0.1) is 0 Å². The van der Waals surface area contributed by atoms with Crippen molar-refractivity contribution in [1.82, 2.24) is 0 Å². The highest BCUT2D eigenvalue weighted by molar-refractivity contribution is 6.30. The highest BCUT2D eigenvalue weighted by Gasteiger charge is 2.22. The molecule has 170 valence electrons. The van der Waals surface area contributed by atoms with Gasteiger partial charge in [0.15, 0.2) is 0 Å². The summed E-state index contributed by atoms with van der Waals surface area (Å²) in [5, 5.41) is 0.773. The molecule has 0 aliphatic rings. The van der Waals surface area contributed by atoms with Crippen LogP contribution in [0.3, 0.4) is 0 Å². The van der Waals surface area contributed by atoms with Crippen molar-refractivity contribution in [2.24, 2.45) is 0 Å². The number of anilines is 2. The van der Waals surface area contributed by atoms with Gasteiger partial charge in [-0.1, -0.05) is 35.9 Å². The van der Waals surface area contributed by atoms with E-state index >= 15 is 0 Å². The molecule has 0 spiro atoms. The van der Waals surface area contributed by atoms with Crippen LogP contribution in [0.5, 0.6) is 0 Å². The Labute approximate surface area is 199 Å². The van der Waals surface area contributed by atoms with Gasteiger partial charge in [-0.3, -0.25) is 0 Å². The molecule has 3 aromatic rings. The smallest absolute Gasteiger partial charge is 0.0406 e. The zero-order valence-electron chi connectivity index (χ0n) is 20.5. The molecule has 3 rings (SSSR count). The third-order valence-corrected chi connectivity index (χ3v) is 6.86. The predicted octanol–water partition coefficient (Wildman–Crippen LogP) is 7.83. The van der Waals surface area contributed by atoms with Crippen molar-refractivity contribution in [2.45, 2.75) is 47.5 Å². The monoisotopic (exact) mass is 448 g/mol. The van der Waals surface area contributed by atoms with E-state index in [4.69, 9.17) is 11.6 Å². The third kappa shape index (κ3) is 5.13. The fourth-order valence-corrected chi connectivity index (χ4v) is 4.76. The highest BCUT2D eigenvalue weighted by Crippen LogP contribution is 2.39. The van der Waals surface area contributed by atoms with Crippen molar-refractivity contribution in [3.05, 3.63) is 93.5 Å². The van der Waals surface area contributed by atoms with E-state index in [0.29, 0.717) is 0 Å². The van der Waals surface area contributed by atoms with Crippen molar-refractivity contribution in [1.29, 1.82) is 0 Å². The molecule has 0 saturated heterocycles. The summed E-state index contributed by atoms with van der Waals surface area (Å²) in [7, 11) is 0. The Kier molecular flexibility index (Phi) is 8.26. The Hall–Kier alpha value is -2.45. The van der Waals surface area contributed by atoms with Crippen molar-refractivity contribution in [2.75, 3.05) is 36.0 Å². The van der Waals surface area contributed by atoms with E-state index in [1.165, 1.54) is 39.2 Å². The Morgan fingerprint density at radius 2 is 1.03 bits per heavy atom. The van der Waals surface area contributed by atoms with Gasteiger partial charge in [-0.2, -0.15) is 0 Å². The van der Waals surface area contributed by atoms with E-state index < -0.39 is 0 Å². The SMILES string of the molecule is CCN(CC)c1ccc(C)c(C(c2ccc(Cl)cc2)c2cc(N(CC)CC)ccc2C)c1. The maximum atomic E-state index is 6.27. The molecule has 0 aromatic heterocycles. The molecular weight excluding hydrogens is 412 g/mol. The second kappa shape index (κ2) is 10.9. The van der Waals surface area contributed by atoms with Crippen LogP contribution < -0.4 is 9.80 Å². The summed E-state index contributed by atoms with van der Waals surface area (Å²) < 4.78 is 0. The molecule has 0 atom stereocenters. The standard InChI is InChI=1S/C29H37ClN2/c1-7-31(8-2)25-17-11-21(5)27(19-25)29(23-13-15-24(30)16-14-23)28-20-26(18-12-22(28)6)32(9-3)10-4/h11-20,29H,7-10H2,1-6H3. The van der Waals surface area contributed by atoms with Gasteiger partial charge in [0, 0.05) is 48.5 Å². The van der Waals surface area contributed by atoms with Gasteiger partial charge in [-0.15, -0.1) is 0 Å². The molecule has 0 fully saturated rings. The number of aryl methyl sites for hydroxylation is 2. The van der Waals surface area contributed by atoms with Gasteiger partial charge >= 0.3 is 0 Å². The summed E-state index contributed by atoms with van der Waals surface area (Å²) in [6.45, 7) is 17.3. The van der Waals surface area contributed by atoms with E-state index in [0.717, 1.165) is 31.2 Å². The van der Waals surface area contributed by atoms with E-state index in [9.17, 15) is 0 Å². The quantitative estimate of drug-likeness (QED) is 0.307. The minimum Gasteiger partial charge on any atom is -0.372 e. The largest absolute Gasteiger partial charge is 0.372 e. The van der Waals surface area contributed by atoms with Crippen LogP contribution in [0.4, 0.5) is 11.4 Å². The first-order valence-electron chi connectivity index (χ1n) is 11.9. The molecule has 0 heterocycles. The Morgan fingerprint density at radius 1 is 0.625 bits per heavy atom. The molecule has 2 nitrogen and oxygen atoms in total. The number of rotatable bonds is 9. The average molecular weight is 449 g/mol. The number of nitrogens with zero attached hydrogens (tertiary/aromatic N) is 2. The minimum atomic E-state index is 0.151. The van der Waals surface area contributed by atoms with Gasteiger partial charge in [0.1, 0.15) is 0 Å². The molecule has 0 radical (unpaired) electrons. The van der Waals surface area contributed by atoms with E-state index in [1.807, 2.05) is 12.1 Å². The van der Waals surface area contributed by atoms with Crippen LogP contribution in [0.1, 0.15) is 61.4 Å². The van der Waals surface area contributed by atoms with Gasteiger partial charge in [0.2, 0.25) is 0 Å². The van der Waals surface area contributed by atoms with E-state index in [-0.39, 0.29) is 5.92 Å². The van der Waals surface area contributed by atoms with Gasteiger partial charge in [-0.25, -0.2) is 0 Å². The zero-order valence-corrected chi connectivity index (χ0v) is 21.2. The number of hydrogen-bond acceptors (Lipinski definition) is 2. The summed E-state index contributed by atoms with van der Waals surface area (Å²) in [5.41, 5.74) is 9.18. The van der Waals surface area contributed by atoms with Gasteiger partial charge in [0.25, 0.3) is 0 Å². The van der Waals surface area contributed by atoms with Crippen LogP contribution in [-0.4, -0.2) is 26.2 Å². The average Bonchev–Trinajstić information content (AvgIpc) is 2.80. The first-order chi connectivity index (χ1) is 15.4. The topological polar surface area (TPSA) is 6.48 Å². The molecule has 0 unspecified atom stereocenters. The van der Waals surface area contributed by atoms with Crippen LogP contribution in [0.25, 0.3) is 0 Å². The Morgan fingerprint density at radius 3 is 1.41 bits per heavy atom. The van der Waals surface area contributed by atoms with Gasteiger partial charge < -0.3 is 9.80 Å². The molecule has 0 saturated carbocycles. The Bertz CT molecular complexity index is 956. The molecular formula is C29H37ClN2. The minimum absolute atomic E-state index is 0.151. The first-order valence-corrected chi connectivity index (χ1v) is 12.3. The van der Waals surface area contributed by atoms with Crippen LogP contribution in [-0.2, 0) is 0 Å². The fraction of sp³-hybridized carbons (Fsp3) is 0.379. The highest BCUT2D eigenvalue weighted by atomic mass is 35.5. The lowest BCUT2D eigenvalue weighted by Crippen LogP contribution is -2.23. The van der Waals surface area contributed by atoms with Crippen molar-refractivity contribution in [3.63, 3.8) is 0 Å². The number of halogens is 1. The molecule has 3 aromatic carbocycles. The third-order valence-electron chi connectivity index (χ3n) is 6.61. The maximum Gasteiger partial charge on any atom is 0.0406 e. The van der Waals surface area contributed by atoms with Crippen LogP contribution in [0, 0.1) is 13.8 Å². The molecule has 0 N–H and O–H groups in total. The summed E-state index contributed by atoms with van der Waals surface area (Å²) in [5.74, 6) is 0.151. The normalized spacial score (nSPS) is 11.1. The van der Waals surface area contributed by atoms with Crippen LogP contribution in [0.15, 0.2) is 60.7 Å². The lowest BCUT2D eigenvalue weighted by Gasteiger charge is -2.28. The van der Waals surface area contributed by atoms with Crippen molar-refractivity contribution < 1.29 is 0 Å². The molecule has 0 aliphatic heterocycles. The van der Waals surface area contributed by atoms with Crippen molar-refractivity contribution in [3.8, 4) is 0 Å². The molecule has 0 bridgehead atoms. The lowest BCUT2D eigenvalue weighted by atomic mass is 9.81. The fourth-order valence-electron chi connectivity index (χ4n) is 4.63. The van der Waals surface area contributed by atoms with Crippen LogP contribution in [0.2, 0.25) is 5.02 Å². The van der Waals surface area contributed by atoms with Crippen molar-refractivity contribution >= 4 is 23.0 Å². The number of benzene rings is 3. The summed E-state index contributed by atoms with van der Waals surface area (Å²) in [4.78, 5) is 4.84.